The monoisotopic (exact) mass is 391 g/mol. The molecule has 1 atom stereocenters. The van der Waals surface area contributed by atoms with Crippen LogP contribution in [0.1, 0.15) is 6.42 Å². The third-order valence-electron chi connectivity index (χ3n) is 4.31. The van der Waals surface area contributed by atoms with Crippen molar-refractivity contribution >= 4 is 27.1 Å². The summed E-state index contributed by atoms with van der Waals surface area (Å²) in [4.78, 5) is 16.2. The largest absolute Gasteiger partial charge is 0.399 e. The molecule has 146 valence electrons. The smallest absolute Gasteiger partial charge is 0.267 e. The summed E-state index contributed by atoms with van der Waals surface area (Å²) in [5.41, 5.74) is 6.65. The van der Waals surface area contributed by atoms with Crippen LogP contribution in [-0.2, 0) is 14.6 Å². The Kier molecular flexibility index (Phi) is 6.82. The first-order valence-electron chi connectivity index (χ1n) is 8.60. The number of nitrogen functional groups attached to an aromatic ring is 1. The van der Waals surface area contributed by atoms with E-state index in [1.165, 1.54) is 6.20 Å². The highest BCUT2D eigenvalue weighted by molar-refractivity contribution is 7.91. The van der Waals surface area contributed by atoms with Gasteiger partial charge in [0.25, 0.3) is 5.91 Å². The van der Waals surface area contributed by atoms with Crippen molar-refractivity contribution in [3.63, 3.8) is 0 Å². The third-order valence-corrected chi connectivity index (χ3v) is 6.06. The molecule has 0 bridgehead atoms. The highest BCUT2D eigenvalue weighted by Gasteiger charge is 2.31. The summed E-state index contributed by atoms with van der Waals surface area (Å²) in [6.45, 7) is 1.19. The lowest BCUT2D eigenvalue weighted by Gasteiger charge is -2.28. The number of likely N-dealkylation sites (N-methyl/N-ethyl adjacent to an activating group) is 1. The highest BCUT2D eigenvalue weighted by atomic mass is 32.2. The topological polar surface area (TPSA) is 120 Å². The number of nitrogens with one attached hydrogen (secondary N) is 1. The van der Waals surface area contributed by atoms with Gasteiger partial charge in [0.15, 0.2) is 9.84 Å². The molecule has 0 saturated carbocycles. The van der Waals surface area contributed by atoms with E-state index in [0.717, 1.165) is 0 Å². The fourth-order valence-corrected chi connectivity index (χ4v) is 4.52. The Morgan fingerprint density at radius 1 is 1.33 bits per heavy atom. The summed E-state index contributed by atoms with van der Waals surface area (Å²) in [5, 5.41) is 12.1. The molecule has 2 rings (SSSR count). The SMILES string of the molecule is CN(C)CCN(/C=C(/C#N)C(=O)Nc1ccc(N)cc1)C1CCS(=O)(=O)C1. The van der Waals surface area contributed by atoms with Crippen LogP contribution in [0, 0.1) is 11.3 Å². The van der Waals surface area contributed by atoms with E-state index in [-0.39, 0.29) is 23.1 Å². The number of nitrogens with zero attached hydrogens (tertiary/aromatic N) is 3. The second kappa shape index (κ2) is 8.88. The first-order chi connectivity index (χ1) is 12.7. The van der Waals surface area contributed by atoms with E-state index in [9.17, 15) is 18.5 Å². The van der Waals surface area contributed by atoms with Crippen molar-refractivity contribution < 1.29 is 13.2 Å². The Morgan fingerprint density at radius 3 is 2.52 bits per heavy atom. The highest BCUT2D eigenvalue weighted by Crippen LogP contribution is 2.19. The maximum Gasteiger partial charge on any atom is 0.267 e. The predicted octanol–water partition coefficient (Wildman–Crippen LogP) is 0.665. The number of nitrogens with two attached hydrogens (primary N) is 1. The van der Waals surface area contributed by atoms with Gasteiger partial charge in [-0.1, -0.05) is 0 Å². The van der Waals surface area contributed by atoms with Crippen molar-refractivity contribution in [2.45, 2.75) is 12.5 Å². The fraction of sp³-hybridized carbons (Fsp3) is 0.444. The molecular formula is C18H25N5O3S. The van der Waals surface area contributed by atoms with E-state index in [4.69, 9.17) is 5.73 Å². The van der Waals surface area contributed by atoms with Gasteiger partial charge in [0, 0.05) is 36.7 Å². The molecule has 9 heteroatoms. The summed E-state index contributed by atoms with van der Waals surface area (Å²) >= 11 is 0. The molecule has 0 spiro atoms. The fourth-order valence-electron chi connectivity index (χ4n) is 2.77. The van der Waals surface area contributed by atoms with Crippen molar-refractivity contribution in [3.8, 4) is 6.07 Å². The van der Waals surface area contributed by atoms with Gasteiger partial charge in [-0.25, -0.2) is 8.42 Å². The van der Waals surface area contributed by atoms with Gasteiger partial charge < -0.3 is 20.9 Å². The van der Waals surface area contributed by atoms with Gasteiger partial charge in [0.2, 0.25) is 0 Å². The summed E-state index contributed by atoms with van der Waals surface area (Å²) in [7, 11) is 0.744. The second-order valence-electron chi connectivity index (χ2n) is 6.83. The molecule has 0 aromatic heterocycles. The second-order valence-corrected chi connectivity index (χ2v) is 9.06. The van der Waals surface area contributed by atoms with Crippen LogP contribution in [0.5, 0.6) is 0 Å². The number of nitriles is 1. The maximum absolute atomic E-state index is 12.5. The molecule has 3 N–H and O–H groups in total. The van der Waals surface area contributed by atoms with Crippen LogP contribution in [0.2, 0.25) is 0 Å². The first kappa shape index (κ1) is 20.7. The Bertz CT molecular complexity index is 841. The summed E-state index contributed by atoms with van der Waals surface area (Å²) in [6, 6.07) is 8.28. The lowest BCUT2D eigenvalue weighted by Crippen LogP contribution is -2.37. The van der Waals surface area contributed by atoms with Crippen LogP contribution in [0.4, 0.5) is 11.4 Å². The minimum atomic E-state index is -3.07. The van der Waals surface area contributed by atoms with Crippen LogP contribution in [-0.4, -0.2) is 68.9 Å². The first-order valence-corrected chi connectivity index (χ1v) is 10.4. The molecule has 1 heterocycles. The standard InChI is InChI=1S/C18H25N5O3S/c1-22(2)8-9-23(17-7-10-27(25,26)13-17)12-14(11-19)18(24)21-16-5-3-15(20)4-6-16/h3-6,12,17H,7-10,13,20H2,1-2H3,(H,21,24)/b14-12-. The molecule has 1 aromatic carbocycles. The maximum atomic E-state index is 12.5. The van der Waals surface area contributed by atoms with Crippen molar-refractivity contribution in [3.05, 3.63) is 36.0 Å². The van der Waals surface area contributed by atoms with Gasteiger partial charge in [-0.15, -0.1) is 0 Å². The van der Waals surface area contributed by atoms with Gasteiger partial charge >= 0.3 is 0 Å². The molecule has 1 unspecified atom stereocenters. The molecule has 27 heavy (non-hydrogen) atoms. The van der Waals surface area contributed by atoms with Gasteiger partial charge in [0.05, 0.1) is 11.5 Å². The Hall–Kier alpha value is -2.57. The zero-order valence-electron chi connectivity index (χ0n) is 15.6. The van der Waals surface area contributed by atoms with Crippen LogP contribution in [0.3, 0.4) is 0 Å². The molecule has 1 aliphatic rings. The van der Waals surface area contributed by atoms with Crippen molar-refractivity contribution in [1.29, 1.82) is 5.26 Å². The molecule has 0 radical (unpaired) electrons. The number of amides is 1. The van der Waals surface area contributed by atoms with Gasteiger partial charge in [-0.05, 0) is 44.8 Å². The summed E-state index contributed by atoms with van der Waals surface area (Å²) < 4.78 is 23.7. The molecule has 1 aliphatic heterocycles. The van der Waals surface area contributed by atoms with Gasteiger partial charge in [-0.3, -0.25) is 4.79 Å². The minimum absolute atomic E-state index is 0.0369. The lowest BCUT2D eigenvalue weighted by atomic mass is 10.2. The number of carbonyl (C=O) groups excluding carboxylic acids is 1. The Balaban J connectivity index is 2.18. The van der Waals surface area contributed by atoms with E-state index in [2.05, 4.69) is 5.32 Å². The van der Waals surface area contributed by atoms with Crippen molar-refractivity contribution in [1.82, 2.24) is 9.80 Å². The molecule has 8 nitrogen and oxygen atoms in total. The molecule has 1 aromatic rings. The molecule has 0 aliphatic carbocycles. The Labute approximate surface area is 160 Å². The van der Waals surface area contributed by atoms with E-state index in [1.807, 2.05) is 25.1 Å². The van der Waals surface area contributed by atoms with Crippen LogP contribution in [0.15, 0.2) is 36.0 Å². The van der Waals surface area contributed by atoms with E-state index >= 15 is 0 Å². The lowest BCUT2D eigenvalue weighted by molar-refractivity contribution is -0.112. The molecule has 1 amide bonds. The van der Waals surface area contributed by atoms with E-state index in [0.29, 0.717) is 30.9 Å². The van der Waals surface area contributed by atoms with E-state index in [1.54, 1.807) is 29.2 Å². The molecule has 1 saturated heterocycles. The Morgan fingerprint density at radius 2 is 2.00 bits per heavy atom. The quantitative estimate of drug-likeness (QED) is 0.398. The molecular weight excluding hydrogens is 366 g/mol. The third kappa shape index (κ3) is 6.27. The van der Waals surface area contributed by atoms with E-state index < -0.39 is 15.7 Å². The number of benzene rings is 1. The number of hydrogen-bond acceptors (Lipinski definition) is 7. The number of hydrogen-bond donors (Lipinski definition) is 2. The van der Waals surface area contributed by atoms with Crippen LogP contribution in [0.25, 0.3) is 0 Å². The molecule has 1 fully saturated rings. The zero-order chi connectivity index (χ0) is 20.0. The predicted molar refractivity (Wildman–Crippen MR) is 105 cm³/mol. The zero-order valence-corrected chi connectivity index (χ0v) is 16.4. The number of rotatable bonds is 7. The normalized spacial score (nSPS) is 18.9. The van der Waals surface area contributed by atoms with Crippen molar-refractivity contribution in [2.24, 2.45) is 0 Å². The number of sulfone groups is 1. The number of anilines is 2. The van der Waals surface area contributed by atoms with Gasteiger partial charge in [0.1, 0.15) is 11.6 Å². The number of carbonyl (C=O) groups is 1. The van der Waals surface area contributed by atoms with Crippen LogP contribution >= 0.6 is 0 Å². The minimum Gasteiger partial charge on any atom is -0.399 e. The summed E-state index contributed by atoms with van der Waals surface area (Å²) in [5.74, 6) is -0.378. The van der Waals surface area contributed by atoms with Crippen LogP contribution < -0.4 is 11.1 Å². The van der Waals surface area contributed by atoms with Gasteiger partial charge in [-0.2, -0.15) is 5.26 Å². The average molecular weight is 391 g/mol. The van der Waals surface area contributed by atoms with Crippen molar-refractivity contribution in [2.75, 3.05) is 49.7 Å². The average Bonchev–Trinajstić information content (AvgIpc) is 2.96. The summed E-state index contributed by atoms with van der Waals surface area (Å²) in [6.07, 6.45) is 1.96.